The van der Waals surface area contributed by atoms with Crippen LogP contribution in [0.4, 0.5) is 23.2 Å². The number of carbonyl (C=O) groups excluding carboxylic acids is 1. The van der Waals surface area contributed by atoms with Gasteiger partial charge in [-0.15, -0.1) is 0 Å². The van der Waals surface area contributed by atoms with E-state index in [9.17, 15) is 18.0 Å². The van der Waals surface area contributed by atoms with Gasteiger partial charge in [0.25, 0.3) is 5.91 Å². The lowest BCUT2D eigenvalue weighted by Crippen LogP contribution is -2.37. The number of aromatic nitrogens is 1. The van der Waals surface area contributed by atoms with Gasteiger partial charge in [0.05, 0.1) is 22.9 Å². The lowest BCUT2D eigenvalue weighted by Gasteiger charge is -2.31. The van der Waals surface area contributed by atoms with E-state index in [1.165, 1.54) is 37.5 Å². The SMILES string of the molecule is Cc1c([C@@H](C)NC(=O)c2cc(-c3ccncc3)c(F)cc2NC2CCN(C)CC2)cccc1C(F)(F)F. The van der Waals surface area contributed by atoms with Crippen molar-refractivity contribution >= 4 is 11.6 Å². The second kappa shape index (κ2) is 10.9. The molecule has 1 atom stereocenters. The number of nitrogens with zero attached hydrogens (tertiary/aromatic N) is 2. The normalized spacial score (nSPS) is 15.9. The summed E-state index contributed by atoms with van der Waals surface area (Å²) in [7, 11) is 2.04. The van der Waals surface area contributed by atoms with Crippen LogP contribution in [0.5, 0.6) is 0 Å². The minimum Gasteiger partial charge on any atom is -0.381 e. The molecule has 1 amide bonds. The highest BCUT2D eigenvalue weighted by molar-refractivity contribution is 6.01. The first-order valence-electron chi connectivity index (χ1n) is 12.2. The third kappa shape index (κ3) is 6.10. The van der Waals surface area contributed by atoms with E-state index in [0.29, 0.717) is 16.8 Å². The first kappa shape index (κ1) is 26.6. The Morgan fingerprint density at radius 1 is 1.11 bits per heavy atom. The van der Waals surface area contributed by atoms with Gasteiger partial charge in [-0.25, -0.2) is 4.39 Å². The molecule has 2 N–H and O–H groups in total. The molecule has 1 aromatic heterocycles. The summed E-state index contributed by atoms with van der Waals surface area (Å²) in [5.74, 6) is -0.991. The monoisotopic (exact) mass is 514 g/mol. The van der Waals surface area contributed by atoms with E-state index in [4.69, 9.17) is 0 Å². The molecule has 37 heavy (non-hydrogen) atoms. The summed E-state index contributed by atoms with van der Waals surface area (Å²) >= 11 is 0. The average molecular weight is 515 g/mol. The summed E-state index contributed by atoms with van der Waals surface area (Å²) in [6.45, 7) is 4.79. The van der Waals surface area contributed by atoms with Crippen LogP contribution in [-0.4, -0.2) is 42.0 Å². The van der Waals surface area contributed by atoms with E-state index in [1.54, 1.807) is 25.1 Å². The van der Waals surface area contributed by atoms with Crippen molar-refractivity contribution in [2.75, 3.05) is 25.5 Å². The fourth-order valence-electron chi connectivity index (χ4n) is 4.79. The summed E-state index contributed by atoms with van der Waals surface area (Å²) in [6, 6.07) is 9.40. The van der Waals surface area contributed by atoms with E-state index >= 15 is 4.39 Å². The Hall–Kier alpha value is -3.46. The number of hydrogen-bond acceptors (Lipinski definition) is 4. The number of piperidine rings is 1. The van der Waals surface area contributed by atoms with Gasteiger partial charge in [-0.05, 0) is 93.8 Å². The highest BCUT2D eigenvalue weighted by atomic mass is 19.4. The van der Waals surface area contributed by atoms with Crippen molar-refractivity contribution in [3.8, 4) is 11.1 Å². The van der Waals surface area contributed by atoms with Gasteiger partial charge < -0.3 is 15.5 Å². The van der Waals surface area contributed by atoms with Gasteiger partial charge in [-0.1, -0.05) is 12.1 Å². The Balaban J connectivity index is 1.67. The number of hydrogen-bond donors (Lipinski definition) is 2. The molecular weight excluding hydrogens is 484 g/mol. The first-order chi connectivity index (χ1) is 17.5. The lowest BCUT2D eigenvalue weighted by molar-refractivity contribution is -0.138. The van der Waals surface area contributed by atoms with Gasteiger partial charge in [0.2, 0.25) is 0 Å². The highest BCUT2D eigenvalue weighted by Crippen LogP contribution is 2.35. The van der Waals surface area contributed by atoms with E-state index in [-0.39, 0.29) is 22.7 Å². The smallest absolute Gasteiger partial charge is 0.381 e. The summed E-state index contributed by atoms with van der Waals surface area (Å²) < 4.78 is 55.5. The third-order valence-corrected chi connectivity index (χ3v) is 6.92. The molecule has 9 heteroatoms. The Bertz CT molecular complexity index is 1260. The minimum absolute atomic E-state index is 0.0593. The average Bonchev–Trinajstić information content (AvgIpc) is 2.85. The first-order valence-corrected chi connectivity index (χ1v) is 12.2. The van der Waals surface area contributed by atoms with Crippen molar-refractivity contribution in [2.24, 2.45) is 0 Å². The van der Waals surface area contributed by atoms with Gasteiger partial charge in [0.15, 0.2) is 0 Å². The predicted octanol–water partition coefficient (Wildman–Crippen LogP) is 6.21. The highest BCUT2D eigenvalue weighted by Gasteiger charge is 2.33. The van der Waals surface area contributed by atoms with Crippen molar-refractivity contribution < 1.29 is 22.4 Å². The van der Waals surface area contributed by atoms with Crippen molar-refractivity contribution in [1.29, 1.82) is 0 Å². The van der Waals surface area contributed by atoms with Gasteiger partial charge in [0, 0.05) is 24.0 Å². The molecule has 2 heterocycles. The number of likely N-dealkylation sites (tertiary alicyclic amines) is 1. The topological polar surface area (TPSA) is 57.3 Å². The van der Waals surface area contributed by atoms with Gasteiger partial charge in [-0.3, -0.25) is 9.78 Å². The van der Waals surface area contributed by atoms with E-state index in [2.05, 4.69) is 20.5 Å². The number of alkyl halides is 3. The maximum absolute atomic E-state index is 15.2. The molecule has 0 bridgehead atoms. The molecule has 0 aliphatic carbocycles. The number of halogens is 4. The van der Waals surface area contributed by atoms with E-state index in [0.717, 1.165) is 32.0 Å². The van der Waals surface area contributed by atoms with Crippen LogP contribution >= 0.6 is 0 Å². The van der Waals surface area contributed by atoms with Crippen molar-refractivity contribution in [1.82, 2.24) is 15.2 Å². The fraction of sp³-hybridized carbons (Fsp3) is 0.357. The van der Waals surface area contributed by atoms with Crippen LogP contribution in [0.15, 0.2) is 54.9 Å². The third-order valence-electron chi connectivity index (χ3n) is 6.92. The molecule has 0 spiro atoms. The maximum atomic E-state index is 15.2. The Morgan fingerprint density at radius 3 is 2.43 bits per heavy atom. The number of carbonyl (C=O) groups is 1. The molecule has 196 valence electrons. The quantitative estimate of drug-likeness (QED) is 0.384. The molecule has 3 aromatic rings. The lowest BCUT2D eigenvalue weighted by atomic mass is 9.96. The second-order valence-corrected chi connectivity index (χ2v) is 9.55. The molecule has 2 aromatic carbocycles. The van der Waals surface area contributed by atoms with Crippen molar-refractivity contribution in [3.63, 3.8) is 0 Å². The van der Waals surface area contributed by atoms with Crippen molar-refractivity contribution in [3.05, 3.63) is 82.9 Å². The van der Waals surface area contributed by atoms with Gasteiger partial charge in [-0.2, -0.15) is 13.2 Å². The molecule has 4 rings (SSSR count). The molecule has 1 fully saturated rings. The standard InChI is InChI=1S/C28H30F4N4O/c1-17-21(5-4-6-24(17)28(30,31)32)18(2)34-27(37)23-15-22(19-7-11-33-12-8-19)25(29)16-26(23)35-20-9-13-36(3)14-10-20/h4-8,11-12,15-16,18,20,35H,9-10,13-14H2,1-3H3,(H,34,37)/t18-/m1/s1. The molecule has 0 radical (unpaired) electrons. The van der Waals surface area contributed by atoms with E-state index < -0.39 is 29.5 Å². The summed E-state index contributed by atoms with van der Waals surface area (Å²) in [6.07, 6.45) is 0.261. The minimum atomic E-state index is -4.49. The fourth-order valence-corrected chi connectivity index (χ4v) is 4.79. The molecule has 1 saturated heterocycles. The maximum Gasteiger partial charge on any atom is 0.416 e. The Morgan fingerprint density at radius 2 is 1.78 bits per heavy atom. The number of rotatable bonds is 6. The largest absolute Gasteiger partial charge is 0.416 e. The molecule has 1 aliphatic rings. The zero-order chi connectivity index (χ0) is 26.7. The van der Waals surface area contributed by atoms with Crippen LogP contribution in [0.2, 0.25) is 0 Å². The van der Waals surface area contributed by atoms with Gasteiger partial charge in [0.1, 0.15) is 5.82 Å². The van der Waals surface area contributed by atoms with E-state index in [1.807, 2.05) is 7.05 Å². The molecule has 1 aliphatic heterocycles. The number of pyridine rings is 1. The van der Waals surface area contributed by atoms with Crippen LogP contribution in [0.1, 0.15) is 52.9 Å². The molecule has 0 saturated carbocycles. The van der Waals surface area contributed by atoms with Crippen LogP contribution in [-0.2, 0) is 6.18 Å². The number of benzene rings is 2. The summed E-state index contributed by atoms with van der Waals surface area (Å²) in [5.41, 5.74) is 1.07. The Labute approximate surface area is 213 Å². The molecule has 5 nitrogen and oxygen atoms in total. The zero-order valence-corrected chi connectivity index (χ0v) is 21.0. The molecule has 0 unspecified atom stereocenters. The van der Waals surface area contributed by atoms with Crippen LogP contribution in [0, 0.1) is 12.7 Å². The summed E-state index contributed by atoms with van der Waals surface area (Å²) in [5, 5.41) is 6.16. The number of nitrogens with one attached hydrogen (secondary N) is 2. The Kier molecular flexibility index (Phi) is 7.82. The van der Waals surface area contributed by atoms with Crippen LogP contribution < -0.4 is 10.6 Å². The second-order valence-electron chi connectivity index (χ2n) is 9.55. The van der Waals surface area contributed by atoms with Gasteiger partial charge >= 0.3 is 6.18 Å². The number of amides is 1. The van der Waals surface area contributed by atoms with Crippen molar-refractivity contribution in [2.45, 2.75) is 44.9 Å². The zero-order valence-electron chi connectivity index (χ0n) is 21.0. The van der Waals surface area contributed by atoms with Crippen LogP contribution in [0.3, 0.4) is 0 Å². The van der Waals surface area contributed by atoms with Crippen LogP contribution in [0.25, 0.3) is 11.1 Å². The predicted molar refractivity (Wildman–Crippen MR) is 136 cm³/mol. The summed E-state index contributed by atoms with van der Waals surface area (Å²) in [4.78, 5) is 19.7. The number of anilines is 1. The molecular formula is C28H30F4N4O.